The molecular formula is C10H22ClNO2. The van der Waals surface area contributed by atoms with Crippen LogP contribution in [0.4, 0.5) is 0 Å². The Balaban J connectivity index is 3.40. The van der Waals surface area contributed by atoms with Gasteiger partial charge in [-0.3, -0.25) is 4.90 Å². The fourth-order valence-corrected chi connectivity index (χ4v) is 1.32. The first-order valence-corrected chi connectivity index (χ1v) is 5.85. The van der Waals surface area contributed by atoms with E-state index in [-0.39, 0.29) is 6.61 Å². The highest BCUT2D eigenvalue weighted by molar-refractivity contribution is 6.17. The van der Waals surface area contributed by atoms with Crippen LogP contribution in [0.1, 0.15) is 19.8 Å². The summed E-state index contributed by atoms with van der Waals surface area (Å²) in [5.74, 6) is 0.551. The fourth-order valence-electron chi connectivity index (χ4n) is 1.21. The molecule has 0 aromatic rings. The van der Waals surface area contributed by atoms with E-state index >= 15 is 0 Å². The average molecular weight is 224 g/mol. The van der Waals surface area contributed by atoms with E-state index in [1.54, 1.807) is 0 Å². The summed E-state index contributed by atoms with van der Waals surface area (Å²) in [6, 6.07) is 0. The van der Waals surface area contributed by atoms with Gasteiger partial charge >= 0.3 is 0 Å². The molecule has 0 saturated carbocycles. The summed E-state index contributed by atoms with van der Waals surface area (Å²) in [7, 11) is 0. The van der Waals surface area contributed by atoms with Gasteiger partial charge in [-0.15, -0.1) is 11.6 Å². The summed E-state index contributed by atoms with van der Waals surface area (Å²) < 4.78 is 5.28. The molecule has 14 heavy (non-hydrogen) atoms. The largest absolute Gasteiger partial charge is 0.395 e. The van der Waals surface area contributed by atoms with Crippen LogP contribution < -0.4 is 0 Å². The number of ether oxygens (including phenoxy) is 1. The monoisotopic (exact) mass is 223 g/mol. The molecule has 4 heteroatoms. The SMILES string of the molecule is CCCCN(CCO)CCOCCCl. The number of alkyl halides is 1. The number of aliphatic hydroxyl groups is 1. The Hall–Kier alpha value is 0.170. The van der Waals surface area contributed by atoms with Crippen molar-refractivity contribution in [3.63, 3.8) is 0 Å². The first-order chi connectivity index (χ1) is 6.85. The number of hydrogen-bond donors (Lipinski definition) is 1. The van der Waals surface area contributed by atoms with Crippen molar-refractivity contribution in [3.05, 3.63) is 0 Å². The van der Waals surface area contributed by atoms with Crippen LogP contribution in [0.2, 0.25) is 0 Å². The number of hydrogen-bond acceptors (Lipinski definition) is 3. The van der Waals surface area contributed by atoms with Crippen molar-refractivity contribution in [1.82, 2.24) is 4.90 Å². The Morgan fingerprint density at radius 3 is 2.57 bits per heavy atom. The summed E-state index contributed by atoms with van der Waals surface area (Å²) in [5, 5.41) is 8.84. The number of rotatable bonds is 10. The maximum Gasteiger partial charge on any atom is 0.0602 e. The van der Waals surface area contributed by atoms with Crippen LogP contribution in [-0.2, 0) is 4.74 Å². The molecule has 0 amide bonds. The number of unbranched alkanes of at least 4 members (excludes halogenated alkanes) is 1. The van der Waals surface area contributed by atoms with E-state index in [1.165, 1.54) is 12.8 Å². The molecule has 0 atom stereocenters. The second-order valence-corrected chi connectivity index (χ2v) is 3.60. The van der Waals surface area contributed by atoms with Crippen molar-refractivity contribution in [3.8, 4) is 0 Å². The molecule has 0 heterocycles. The molecule has 0 radical (unpaired) electrons. The maximum absolute atomic E-state index is 8.84. The molecule has 0 bridgehead atoms. The van der Waals surface area contributed by atoms with E-state index in [9.17, 15) is 0 Å². The van der Waals surface area contributed by atoms with Crippen molar-refractivity contribution >= 4 is 11.6 Å². The van der Waals surface area contributed by atoms with Gasteiger partial charge in [-0.1, -0.05) is 13.3 Å². The lowest BCUT2D eigenvalue weighted by atomic mass is 10.3. The zero-order chi connectivity index (χ0) is 10.6. The number of aliphatic hydroxyl groups excluding tert-OH is 1. The normalized spacial score (nSPS) is 11.1. The van der Waals surface area contributed by atoms with E-state index < -0.39 is 0 Å². The van der Waals surface area contributed by atoms with E-state index in [0.717, 1.165) is 19.6 Å². The topological polar surface area (TPSA) is 32.7 Å². The highest BCUT2D eigenvalue weighted by Crippen LogP contribution is 1.94. The van der Waals surface area contributed by atoms with Gasteiger partial charge in [0.15, 0.2) is 0 Å². The summed E-state index contributed by atoms with van der Waals surface area (Å²) in [5.41, 5.74) is 0. The summed E-state index contributed by atoms with van der Waals surface area (Å²) in [6.45, 7) is 6.38. The third-order valence-corrected chi connectivity index (χ3v) is 2.17. The maximum atomic E-state index is 8.84. The summed E-state index contributed by atoms with van der Waals surface area (Å²) >= 11 is 5.48. The zero-order valence-electron chi connectivity index (χ0n) is 9.04. The van der Waals surface area contributed by atoms with Crippen molar-refractivity contribution < 1.29 is 9.84 Å². The van der Waals surface area contributed by atoms with Gasteiger partial charge in [-0.05, 0) is 13.0 Å². The van der Waals surface area contributed by atoms with Crippen molar-refractivity contribution in [2.75, 3.05) is 45.3 Å². The van der Waals surface area contributed by atoms with Gasteiger partial charge in [0.25, 0.3) is 0 Å². The third kappa shape index (κ3) is 8.75. The Kier molecular flexibility index (Phi) is 11.4. The van der Waals surface area contributed by atoms with E-state index in [0.29, 0.717) is 19.1 Å². The Morgan fingerprint density at radius 2 is 2.00 bits per heavy atom. The van der Waals surface area contributed by atoms with Crippen LogP contribution in [0.3, 0.4) is 0 Å². The third-order valence-electron chi connectivity index (χ3n) is 2.02. The highest BCUT2D eigenvalue weighted by atomic mass is 35.5. The molecule has 0 aromatic carbocycles. The molecule has 0 rings (SSSR count). The molecule has 0 spiro atoms. The molecule has 0 saturated heterocycles. The van der Waals surface area contributed by atoms with E-state index in [4.69, 9.17) is 21.4 Å². The van der Waals surface area contributed by atoms with Crippen molar-refractivity contribution in [1.29, 1.82) is 0 Å². The minimum atomic E-state index is 0.221. The van der Waals surface area contributed by atoms with Crippen LogP contribution >= 0.6 is 11.6 Å². The van der Waals surface area contributed by atoms with Gasteiger partial charge in [-0.25, -0.2) is 0 Å². The molecule has 1 N–H and O–H groups in total. The molecule has 0 aromatic heterocycles. The van der Waals surface area contributed by atoms with Gasteiger partial charge in [0.2, 0.25) is 0 Å². The van der Waals surface area contributed by atoms with Crippen LogP contribution in [0.25, 0.3) is 0 Å². The van der Waals surface area contributed by atoms with Gasteiger partial charge < -0.3 is 9.84 Å². The van der Waals surface area contributed by atoms with Crippen LogP contribution in [0, 0.1) is 0 Å². The molecule has 3 nitrogen and oxygen atoms in total. The summed E-state index contributed by atoms with van der Waals surface area (Å²) in [6.07, 6.45) is 2.36. The van der Waals surface area contributed by atoms with Gasteiger partial charge in [0.1, 0.15) is 0 Å². The Bertz CT molecular complexity index is 114. The lowest BCUT2D eigenvalue weighted by Gasteiger charge is -2.20. The Morgan fingerprint density at radius 1 is 1.21 bits per heavy atom. The predicted molar refractivity (Wildman–Crippen MR) is 60.0 cm³/mol. The second kappa shape index (κ2) is 11.2. The average Bonchev–Trinajstić information content (AvgIpc) is 2.20. The van der Waals surface area contributed by atoms with Crippen molar-refractivity contribution in [2.24, 2.45) is 0 Å². The van der Waals surface area contributed by atoms with Gasteiger partial charge in [0.05, 0.1) is 19.8 Å². The number of nitrogens with zero attached hydrogens (tertiary/aromatic N) is 1. The quantitative estimate of drug-likeness (QED) is 0.448. The van der Waals surface area contributed by atoms with Crippen molar-refractivity contribution in [2.45, 2.75) is 19.8 Å². The van der Waals surface area contributed by atoms with Crippen LogP contribution in [0.15, 0.2) is 0 Å². The summed E-state index contributed by atoms with van der Waals surface area (Å²) in [4.78, 5) is 2.22. The molecule has 86 valence electrons. The smallest absolute Gasteiger partial charge is 0.0602 e. The highest BCUT2D eigenvalue weighted by Gasteiger charge is 2.02. The predicted octanol–water partition coefficient (Wildman–Crippen LogP) is 1.34. The molecule has 0 fully saturated rings. The first kappa shape index (κ1) is 14.2. The lowest BCUT2D eigenvalue weighted by molar-refractivity contribution is 0.104. The van der Waals surface area contributed by atoms with Crippen LogP contribution in [0.5, 0.6) is 0 Å². The molecule has 0 aliphatic rings. The Labute approximate surface area is 92.0 Å². The second-order valence-electron chi connectivity index (χ2n) is 3.22. The molecular weight excluding hydrogens is 202 g/mol. The molecule has 0 aliphatic carbocycles. The minimum absolute atomic E-state index is 0.221. The van der Waals surface area contributed by atoms with Gasteiger partial charge in [0, 0.05) is 19.0 Å². The van der Waals surface area contributed by atoms with Crippen LogP contribution in [-0.4, -0.2) is 55.3 Å². The standard InChI is InChI=1S/C10H22ClNO2/c1-2-3-5-12(6-8-13)7-10-14-9-4-11/h13H,2-10H2,1H3. The first-order valence-electron chi connectivity index (χ1n) is 5.32. The molecule has 0 unspecified atom stereocenters. The van der Waals surface area contributed by atoms with Gasteiger partial charge in [-0.2, -0.15) is 0 Å². The van der Waals surface area contributed by atoms with E-state index in [1.807, 2.05) is 0 Å². The molecule has 0 aliphatic heterocycles. The minimum Gasteiger partial charge on any atom is -0.395 e. The number of halogens is 1. The fraction of sp³-hybridized carbons (Fsp3) is 1.00. The zero-order valence-corrected chi connectivity index (χ0v) is 9.80. The van der Waals surface area contributed by atoms with E-state index in [2.05, 4.69) is 11.8 Å². The lowest BCUT2D eigenvalue weighted by Crippen LogP contribution is -2.31.